The first-order chi connectivity index (χ1) is 19.3. The number of benzene rings is 3. The number of rotatable bonds is 11. The number of aryl methyl sites for hydroxylation is 1. The number of nitrogens with one attached hydrogen (secondary N) is 1. The number of likely N-dealkylation sites (N-methyl/N-ethyl adjacent to an activating group) is 1. The van der Waals surface area contributed by atoms with Crippen LogP contribution in [0.4, 0.5) is 5.95 Å². The van der Waals surface area contributed by atoms with Gasteiger partial charge in [0.15, 0.2) is 0 Å². The largest absolute Gasteiger partial charge is 0.497 e. The molecule has 0 aliphatic carbocycles. The van der Waals surface area contributed by atoms with Crippen molar-refractivity contribution in [2.24, 2.45) is 0 Å². The molecule has 0 saturated carbocycles. The molecule has 208 valence electrons. The number of aromatic nitrogens is 2. The normalized spacial score (nSPS) is 10.8. The number of ether oxygens (including phenoxy) is 2. The van der Waals surface area contributed by atoms with Crippen LogP contribution in [0.25, 0.3) is 16.9 Å². The highest BCUT2D eigenvalue weighted by Crippen LogP contribution is 2.27. The summed E-state index contributed by atoms with van der Waals surface area (Å²) < 4.78 is 12.4. The third-order valence-corrected chi connectivity index (χ3v) is 6.43. The third kappa shape index (κ3) is 7.06. The van der Waals surface area contributed by atoms with Gasteiger partial charge in [0.05, 0.1) is 19.9 Å². The standard InChI is InChI=1S/C31H35N5O4/c1-22-6-8-24(9-7-22)30(38)35(19-18-34(2)3)21-29(37)33-31-32-28(23-10-14-26(39-4)15-11-23)20-36(31)25-12-16-27(40-5)17-13-25/h6-17,20H,18-19,21H2,1-5H3,(H,32,33,37). The molecule has 2 amide bonds. The van der Waals surface area contributed by atoms with Crippen LogP contribution in [-0.2, 0) is 4.79 Å². The second kappa shape index (κ2) is 12.9. The minimum absolute atomic E-state index is 0.117. The van der Waals surface area contributed by atoms with E-state index in [0.717, 1.165) is 28.3 Å². The van der Waals surface area contributed by atoms with Gasteiger partial charge in [-0.15, -0.1) is 0 Å². The summed E-state index contributed by atoms with van der Waals surface area (Å²) in [4.78, 5) is 35.0. The van der Waals surface area contributed by atoms with E-state index in [2.05, 4.69) is 5.32 Å². The number of carbonyl (C=O) groups excluding carboxylic acids is 2. The third-order valence-electron chi connectivity index (χ3n) is 6.43. The van der Waals surface area contributed by atoms with Gasteiger partial charge in [-0.2, -0.15) is 0 Å². The summed E-state index contributed by atoms with van der Waals surface area (Å²) in [5.74, 6) is 1.26. The fourth-order valence-electron chi connectivity index (χ4n) is 4.10. The van der Waals surface area contributed by atoms with Crippen LogP contribution in [0.2, 0.25) is 0 Å². The van der Waals surface area contributed by atoms with Crippen molar-refractivity contribution in [2.45, 2.75) is 6.92 Å². The minimum Gasteiger partial charge on any atom is -0.497 e. The van der Waals surface area contributed by atoms with Crippen molar-refractivity contribution < 1.29 is 19.1 Å². The van der Waals surface area contributed by atoms with Crippen molar-refractivity contribution in [1.29, 1.82) is 0 Å². The Hall–Kier alpha value is -4.63. The van der Waals surface area contributed by atoms with Crippen LogP contribution in [-0.4, -0.2) is 79.1 Å². The summed E-state index contributed by atoms with van der Waals surface area (Å²) in [5, 5.41) is 2.93. The fourth-order valence-corrected chi connectivity index (χ4v) is 4.10. The lowest BCUT2D eigenvalue weighted by Gasteiger charge is -2.24. The number of anilines is 1. The van der Waals surface area contributed by atoms with Crippen LogP contribution < -0.4 is 14.8 Å². The van der Waals surface area contributed by atoms with E-state index in [1.807, 2.05) is 97.3 Å². The van der Waals surface area contributed by atoms with Crippen molar-refractivity contribution >= 4 is 17.8 Å². The van der Waals surface area contributed by atoms with Gasteiger partial charge in [-0.1, -0.05) is 17.7 Å². The zero-order chi connectivity index (χ0) is 28.6. The number of nitrogens with zero attached hydrogens (tertiary/aromatic N) is 4. The smallest absolute Gasteiger partial charge is 0.254 e. The molecule has 1 N–H and O–H groups in total. The van der Waals surface area contributed by atoms with Gasteiger partial charge in [0, 0.05) is 36.1 Å². The Morgan fingerprint density at radius 2 is 1.45 bits per heavy atom. The van der Waals surface area contributed by atoms with Gasteiger partial charge in [0.25, 0.3) is 5.91 Å². The van der Waals surface area contributed by atoms with E-state index in [-0.39, 0.29) is 18.4 Å². The minimum atomic E-state index is -0.346. The molecule has 0 spiro atoms. The van der Waals surface area contributed by atoms with Crippen molar-refractivity contribution in [3.05, 3.63) is 90.1 Å². The van der Waals surface area contributed by atoms with Crippen molar-refractivity contribution in [3.63, 3.8) is 0 Å². The van der Waals surface area contributed by atoms with E-state index >= 15 is 0 Å². The number of imidazole rings is 1. The molecule has 9 nitrogen and oxygen atoms in total. The summed E-state index contributed by atoms with van der Waals surface area (Å²) in [5.41, 5.74) is 3.94. The number of amides is 2. The number of carbonyl (C=O) groups is 2. The Labute approximate surface area is 235 Å². The highest BCUT2D eigenvalue weighted by Gasteiger charge is 2.21. The Morgan fingerprint density at radius 1 is 0.850 bits per heavy atom. The van der Waals surface area contributed by atoms with Gasteiger partial charge >= 0.3 is 0 Å². The molecule has 4 aromatic rings. The zero-order valence-corrected chi connectivity index (χ0v) is 23.5. The fraction of sp³-hybridized carbons (Fsp3) is 0.258. The zero-order valence-electron chi connectivity index (χ0n) is 23.5. The Bertz CT molecular complexity index is 1430. The summed E-state index contributed by atoms with van der Waals surface area (Å²) in [6, 6.07) is 22.4. The Kier molecular flexibility index (Phi) is 9.19. The lowest BCUT2D eigenvalue weighted by Crippen LogP contribution is -2.41. The average Bonchev–Trinajstić information content (AvgIpc) is 3.38. The molecule has 40 heavy (non-hydrogen) atoms. The molecule has 3 aromatic carbocycles. The first kappa shape index (κ1) is 28.4. The van der Waals surface area contributed by atoms with E-state index in [0.29, 0.717) is 30.3 Å². The van der Waals surface area contributed by atoms with Crippen LogP contribution in [0, 0.1) is 6.92 Å². The van der Waals surface area contributed by atoms with E-state index in [1.165, 1.54) is 0 Å². The molecule has 0 radical (unpaired) electrons. The summed E-state index contributed by atoms with van der Waals surface area (Å²) in [6.45, 7) is 2.87. The maximum atomic E-state index is 13.4. The quantitative estimate of drug-likeness (QED) is 0.301. The number of methoxy groups -OCH3 is 2. The molecule has 0 atom stereocenters. The molecule has 4 rings (SSSR count). The van der Waals surface area contributed by atoms with Crippen LogP contribution >= 0.6 is 0 Å². The predicted octanol–water partition coefficient (Wildman–Crippen LogP) is 4.51. The van der Waals surface area contributed by atoms with Crippen LogP contribution in [0.5, 0.6) is 11.5 Å². The Morgan fingerprint density at radius 3 is 2.02 bits per heavy atom. The lowest BCUT2D eigenvalue weighted by molar-refractivity contribution is -0.117. The van der Waals surface area contributed by atoms with Crippen LogP contribution in [0.15, 0.2) is 79.0 Å². The lowest BCUT2D eigenvalue weighted by atomic mass is 10.1. The monoisotopic (exact) mass is 541 g/mol. The first-order valence-corrected chi connectivity index (χ1v) is 13.0. The van der Waals surface area contributed by atoms with Crippen LogP contribution in [0.3, 0.4) is 0 Å². The van der Waals surface area contributed by atoms with Gasteiger partial charge in [-0.3, -0.25) is 19.5 Å². The highest BCUT2D eigenvalue weighted by molar-refractivity contribution is 5.99. The summed E-state index contributed by atoms with van der Waals surface area (Å²) in [7, 11) is 7.09. The molecular formula is C31H35N5O4. The van der Waals surface area contributed by atoms with E-state index in [9.17, 15) is 9.59 Å². The number of hydrogen-bond donors (Lipinski definition) is 1. The van der Waals surface area contributed by atoms with Gasteiger partial charge in [-0.05, 0) is 81.7 Å². The molecule has 0 bridgehead atoms. The molecule has 0 aliphatic rings. The number of hydrogen-bond acceptors (Lipinski definition) is 6. The van der Waals surface area contributed by atoms with E-state index in [4.69, 9.17) is 14.5 Å². The molecule has 0 unspecified atom stereocenters. The van der Waals surface area contributed by atoms with Gasteiger partial charge in [0.1, 0.15) is 18.0 Å². The molecule has 0 fully saturated rings. The SMILES string of the molecule is COc1ccc(-c2cn(-c3ccc(OC)cc3)c(NC(=O)CN(CCN(C)C)C(=O)c3ccc(C)cc3)n2)cc1. The van der Waals surface area contributed by atoms with E-state index in [1.54, 1.807) is 31.3 Å². The molecule has 1 heterocycles. The maximum absolute atomic E-state index is 13.4. The Balaban J connectivity index is 1.61. The van der Waals surface area contributed by atoms with Crippen molar-refractivity contribution in [1.82, 2.24) is 19.4 Å². The molecule has 0 saturated heterocycles. The highest BCUT2D eigenvalue weighted by atomic mass is 16.5. The summed E-state index contributed by atoms with van der Waals surface area (Å²) >= 11 is 0. The van der Waals surface area contributed by atoms with Gasteiger partial charge < -0.3 is 19.3 Å². The van der Waals surface area contributed by atoms with Gasteiger partial charge in [-0.25, -0.2) is 4.98 Å². The van der Waals surface area contributed by atoms with Crippen molar-refractivity contribution in [2.75, 3.05) is 53.3 Å². The molecule has 9 heteroatoms. The molecule has 1 aromatic heterocycles. The second-order valence-electron chi connectivity index (χ2n) is 9.69. The second-order valence-corrected chi connectivity index (χ2v) is 9.69. The first-order valence-electron chi connectivity index (χ1n) is 13.0. The topological polar surface area (TPSA) is 88.9 Å². The van der Waals surface area contributed by atoms with Crippen LogP contribution in [0.1, 0.15) is 15.9 Å². The van der Waals surface area contributed by atoms with Crippen molar-refractivity contribution in [3.8, 4) is 28.4 Å². The molecular weight excluding hydrogens is 506 g/mol. The maximum Gasteiger partial charge on any atom is 0.254 e. The average molecular weight is 542 g/mol. The van der Waals surface area contributed by atoms with Gasteiger partial charge in [0.2, 0.25) is 11.9 Å². The van der Waals surface area contributed by atoms with E-state index < -0.39 is 0 Å². The predicted molar refractivity (Wildman–Crippen MR) is 156 cm³/mol. The summed E-state index contributed by atoms with van der Waals surface area (Å²) in [6.07, 6.45) is 1.86. The molecule has 0 aliphatic heterocycles.